The fourth-order valence-corrected chi connectivity index (χ4v) is 1.74. The molecule has 0 atom stereocenters. The van der Waals surface area contributed by atoms with Gasteiger partial charge in [-0.05, 0) is 44.0 Å². The van der Waals surface area contributed by atoms with Crippen LogP contribution in [-0.2, 0) is 16.0 Å². The van der Waals surface area contributed by atoms with Gasteiger partial charge in [0.15, 0.2) is 0 Å². The van der Waals surface area contributed by atoms with Crippen LogP contribution in [0.15, 0.2) is 18.2 Å². The van der Waals surface area contributed by atoms with Gasteiger partial charge >= 0.3 is 0 Å². The Morgan fingerprint density at radius 3 is 2.81 bits per heavy atom. The average molecular weight is 289 g/mol. The quantitative estimate of drug-likeness (QED) is 0.790. The van der Waals surface area contributed by atoms with Crippen LogP contribution < -0.4 is 5.32 Å². The summed E-state index contributed by atoms with van der Waals surface area (Å²) in [5.41, 5.74) is 2.71. The molecule has 0 unspecified atom stereocenters. The third-order valence-corrected chi connectivity index (χ3v) is 2.78. The van der Waals surface area contributed by atoms with E-state index in [4.69, 9.17) is 9.84 Å². The number of amides is 1. The molecular weight excluding hydrogens is 266 g/mol. The smallest absolute Gasteiger partial charge is 0.250 e. The number of benzene rings is 1. The van der Waals surface area contributed by atoms with Crippen LogP contribution in [0.2, 0.25) is 0 Å². The summed E-state index contributed by atoms with van der Waals surface area (Å²) in [6, 6.07) is 5.68. The summed E-state index contributed by atoms with van der Waals surface area (Å²) >= 11 is 0. The Balaban J connectivity index is 2.75. The molecule has 1 amide bonds. The molecule has 0 aliphatic heterocycles. The van der Waals surface area contributed by atoms with Gasteiger partial charge in [0.1, 0.15) is 6.61 Å². The zero-order valence-corrected chi connectivity index (χ0v) is 12.9. The lowest BCUT2D eigenvalue weighted by molar-refractivity contribution is -0.121. The van der Waals surface area contributed by atoms with Crippen molar-refractivity contribution in [2.75, 3.05) is 18.5 Å². The number of carbonyl (C=O) groups excluding carboxylic acids is 1. The van der Waals surface area contributed by atoms with Crippen molar-refractivity contribution in [2.24, 2.45) is 0 Å². The molecular formula is C17H23NO3. The molecule has 0 aliphatic carbocycles. The van der Waals surface area contributed by atoms with Crippen LogP contribution in [0.3, 0.4) is 0 Å². The van der Waals surface area contributed by atoms with Crippen molar-refractivity contribution in [3.63, 3.8) is 0 Å². The largest absolute Gasteiger partial charge is 0.395 e. The van der Waals surface area contributed by atoms with Crippen LogP contribution >= 0.6 is 0 Å². The molecule has 114 valence electrons. The molecule has 0 fully saturated rings. The molecule has 1 rings (SSSR count). The number of hydrogen-bond acceptors (Lipinski definition) is 3. The van der Waals surface area contributed by atoms with E-state index in [1.54, 1.807) is 0 Å². The highest BCUT2D eigenvalue weighted by molar-refractivity contribution is 5.92. The van der Waals surface area contributed by atoms with Crippen molar-refractivity contribution in [1.82, 2.24) is 0 Å². The summed E-state index contributed by atoms with van der Waals surface area (Å²) in [4.78, 5) is 11.8. The number of hydrogen-bond donors (Lipinski definition) is 2. The lowest BCUT2D eigenvalue weighted by atomic mass is 10.1. The number of anilines is 1. The third kappa shape index (κ3) is 6.44. The van der Waals surface area contributed by atoms with Crippen LogP contribution in [0.5, 0.6) is 0 Å². The molecule has 0 bridgehead atoms. The van der Waals surface area contributed by atoms with E-state index in [0.717, 1.165) is 23.2 Å². The van der Waals surface area contributed by atoms with Gasteiger partial charge in [-0.1, -0.05) is 18.8 Å². The van der Waals surface area contributed by atoms with Gasteiger partial charge in [-0.25, -0.2) is 0 Å². The van der Waals surface area contributed by atoms with Crippen LogP contribution in [-0.4, -0.2) is 30.3 Å². The second kappa shape index (κ2) is 9.17. The average Bonchev–Trinajstić information content (AvgIpc) is 2.46. The third-order valence-electron chi connectivity index (χ3n) is 2.78. The Morgan fingerprint density at radius 1 is 1.43 bits per heavy atom. The van der Waals surface area contributed by atoms with Crippen LogP contribution in [0.1, 0.15) is 38.3 Å². The van der Waals surface area contributed by atoms with E-state index in [2.05, 4.69) is 17.2 Å². The fourth-order valence-electron chi connectivity index (χ4n) is 1.74. The molecule has 1 aromatic rings. The normalized spacial score (nSPS) is 10.1. The maximum absolute atomic E-state index is 11.8. The van der Waals surface area contributed by atoms with E-state index in [-0.39, 0.29) is 25.2 Å². The second-order valence-electron chi connectivity index (χ2n) is 4.91. The molecule has 0 spiro atoms. The second-order valence-corrected chi connectivity index (χ2v) is 4.91. The molecule has 2 N–H and O–H groups in total. The molecule has 0 aliphatic rings. The lowest BCUT2D eigenvalue weighted by Crippen LogP contribution is -2.21. The first-order valence-corrected chi connectivity index (χ1v) is 7.21. The molecule has 0 aromatic heterocycles. The monoisotopic (exact) mass is 289 g/mol. The summed E-state index contributed by atoms with van der Waals surface area (Å²) in [7, 11) is 0. The van der Waals surface area contributed by atoms with Crippen LogP contribution in [0.25, 0.3) is 0 Å². The van der Waals surface area contributed by atoms with Crippen molar-refractivity contribution in [2.45, 2.75) is 39.7 Å². The van der Waals surface area contributed by atoms with Gasteiger partial charge in [0.05, 0.1) is 12.7 Å². The minimum atomic E-state index is -0.155. The van der Waals surface area contributed by atoms with E-state index >= 15 is 0 Å². The van der Waals surface area contributed by atoms with Crippen molar-refractivity contribution in [3.05, 3.63) is 29.3 Å². The zero-order valence-electron chi connectivity index (χ0n) is 12.9. The van der Waals surface area contributed by atoms with Gasteiger partial charge in [-0.3, -0.25) is 4.79 Å². The topological polar surface area (TPSA) is 58.6 Å². The molecule has 4 nitrogen and oxygen atoms in total. The number of rotatable bonds is 6. The molecule has 1 aromatic carbocycles. The van der Waals surface area contributed by atoms with Gasteiger partial charge in [-0.2, -0.15) is 0 Å². The number of aliphatic hydroxyl groups is 1. The fraction of sp³-hybridized carbons (Fsp3) is 0.471. The SMILES string of the molecule is CCc1cc(C#CCCO)ccc1NC(=O)COC(C)C. The number of ether oxygens (including phenoxy) is 1. The summed E-state index contributed by atoms with van der Waals surface area (Å²) in [6.45, 7) is 5.94. The van der Waals surface area contributed by atoms with Crippen molar-refractivity contribution in [3.8, 4) is 11.8 Å². The number of carbonyl (C=O) groups is 1. The maximum Gasteiger partial charge on any atom is 0.250 e. The highest BCUT2D eigenvalue weighted by Crippen LogP contribution is 2.18. The standard InChI is InChI=1S/C17H23NO3/c1-4-15-11-14(7-5-6-10-19)8-9-16(15)18-17(20)12-21-13(2)3/h8-9,11,13,19H,4,6,10,12H2,1-3H3,(H,18,20). The van der Waals surface area contributed by atoms with E-state index in [1.165, 1.54) is 0 Å². The predicted molar refractivity (Wildman–Crippen MR) is 84.1 cm³/mol. The van der Waals surface area contributed by atoms with Gasteiger partial charge in [0.2, 0.25) is 5.91 Å². The molecule has 0 heterocycles. The van der Waals surface area contributed by atoms with Gasteiger partial charge in [0.25, 0.3) is 0 Å². The van der Waals surface area contributed by atoms with E-state index in [9.17, 15) is 4.79 Å². The number of aliphatic hydroxyl groups excluding tert-OH is 1. The molecule has 0 radical (unpaired) electrons. The first-order valence-electron chi connectivity index (χ1n) is 7.21. The Kier molecular flexibility index (Phi) is 7.52. The number of aryl methyl sites for hydroxylation is 1. The Hall–Kier alpha value is -1.83. The van der Waals surface area contributed by atoms with E-state index in [1.807, 2.05) is 39.0 Å². The Bertz CT molecular complexity index is 527. The Labute approximate surface area is 126 Å². The van der Waals surface area contributed by atoms with Crippen molar-refractivity contribution >= 4 is 11.6 Å². The highest BCUT2D eigenvalue weighted by atomic mass is 16.5. The predicted octanol–water partition coefficient (Wildman–Crippen LogP) is 2.35. The van der Waals surface area contributed by atoms with Crippen LogP contribution in [0.4, 0.5) is 5.69 Å². The summed E-state index contributed by atoms with van der Waals surface area (Å²) in [5.74, 6) is 5.73. The molecule has 0 saturated heterocycles. The van der Waals surface area contributed by atoms with Gasteiger partial charge in [0, 0.05) is 17.7 Å². The highest BCUT2D eigenvalue weighted by Gasteiger charge is 2.07. The first-order chi connectivity index (χ1) is 10.1. The maximum atomic E-state index is 11.8. The molecule has 0 saturated carbocycles. The molecule has 4 heteroatoms. The summed E-state index contributed by atoms with van der Waals surface area (Å²) in [6.07, 6.45) is 1.30. The minimum Gasteiger partial charge on any atom is -0.395 e. The van der Waals surface area contributed by atoms with Gasteiger partial charge in [-0.15, -0.1) is 0 Å². The van der Waals surface area contributed by atoms with E-state index < -0.39 is 0 Å². The summed E-state index contributed by atoms with van der Waals surface area (Å²) in [5, 5.41) is 11.6. The van der Waals surface area contributed by atoms with Crippen LogP contribution in [0, 0.1) is 11.8 Å². The Morgan fingerprint density at radius 2 is 2.19 bits per heavy atom. The lowest BCUT2D eigenvalue weighted by Gasteiger charge is -2.12. The van der Waals surface area contributed by atoms with Gasteiger partial charge < -0.3 is 15.2 Å². The first kappa shape index (κ1) is 17.2. The summed E-state index contributed by atoms with van der Waals surface area (Å²) < 4.78 is 5.28. The number of nitrogens with one attached hydrogen (secondary N) is 1. The minimum absolute atomic E-state index is 0.0329. The van der Waals surface area contributed by atoms with Crippen molar-refractivity contribution in [1.29, 1.82) is 0 Å². The zero-order chi connectivity index (χ0) is 15.7. The van der Waals surface area contributed by atoms with E-state index in [0.29, 0.717) is 6.42 Å². The molecule has 21 heavy (non-hydrogen) atoms. The van der Waals surface area contributed by atoms with Crippen molar-refractivity contribution < 1.29 is 14.6 Å².